The van der Waals surface area contributed by atoms with E-state index in [4.69, 9.17) is 16.0 Å². The van der Waals surface area contributed by atoms with Crippen LogP contribution in [0.5, 0.6) is 0 Å². The van der Waals surface area contributed by atoms with Crippen molar-refractivity contribution in [3.05, 3.63) is 77.3 Å². The van der Waals surface area contributed by atoms with Crippen molar-refractivity contribution in [3.8, 4) is 11.3 Å². The van der Waals surface area contributed by atoms with Crippen molar-refractivity contribution in [2.24, 2.45) is 0 Å². The number of rotatable bonds is 7. The molecule has 2 aromatic carbocycles. The van der Waals surface area contributed by atoms with Crippen LogP contribution in [-0.2, 0) is 11.2 Å². The molecule has 1 aliphatic rings. The maximum atomic E-state index is 13.0. The van der Waals surface area contributed by atoms with Gasteiger partial charge in [0.15, 0.2) is 11.7 Å². The zero-order valence-corrected chi connectivity index (χ0v) is 18.0. The molecule has 0 aliphatic carbocycles. The molecule has 5 heteroatoms. The summed E-state index contributed by atoms with van der Waals surface area (Å²) in [5, 5.41) is 0.685. The topological polar surface area (TPSA) is 46.3 Å². The summed E-state index contributed by atoms with van der Waals surface area (Å²) in [4.78, 5) is 19.5. The summed E-state index contributed by atoms with van der Waals surface area (Å²) in [7, 11) is 0. The Bertz CT molecular complexity index is 968. The molecule has 0 spiro atoms. The Labute approximate surface area is 182 Å². The lowest BCUT2D eigenvalue weighted by atomic mass is 9.87. The molecule has 0 unspecified atom stereocenters. The number of likely N-dealkylation sites (tertiary alicyclic amines) is 1. The Hall–Kier alpha value is -2.59. The number of carbonyl (C=O) groups is 1. The first-order valence-corrected chi connectivity index (χ1v) is 11.1. The third-order valence-corrected chi connectivity index (χ3v) is 6.24. The average molecular weight is 423 g/mol. The highest BCUT2D eigenvalue weighted by Gasteiger charge is 2.34. The first-order valence-electron chi connectivity index (χ1n) is 10.7. The van der Waals surface area contributed by atoms with Crippen molar-refractivity contribution >= 4 is 17.5 Å². The minimum Gasteiger partial charge on any atom is -0.441 e. The van der Waals surface area contributed by atoms with Gasteiger partial charge in [-0.15, -0.1) is 0 Å². The van der Waals surface area contributed by atoms with Crippen molar-refractivity contribution in [2.75, 3.05) is 6.54 Å². The van der Waals surface area contributed by atoms with Crippen LogP contribution < -0.4 is 0 Å². The molecule has 1 saturated heterocycles. The second-order valence-corrected chi connectivity index (χ2v) is 8.28. The van der Waals surface area contributed by atoms with Gasteiger partial charge in [-0.1, -0.05) is 48.9 Å². The van der Waals surface area contributed by atoms with Crippen LogP contribution in [0.4, 0.5) is 0 Å². The fourth-order valence-corrected chi connectivity index (χ4v) is 4.61. The van der Waals surface area contributed by atoms with E-state index in [0.29, 0.717) is 35.4 Å². The molecule has 4 nitrogen and oxygen atoms in total. The lowest BCUT2D eigenvalue weighted by Crippen LogP contribution is -2.39. The molecular formula is C25H27ClN2O2. The molecule has 0 bridgehead atoms. The van der Waals surface area contributed by atoms with Crippen LogP contribution in [0.25, 0.3) is 11.3 Å². The summed E-state index contributed by atoms with van der Waals surface area (Å²) >= 11 is 5.95. The molecule has 1 amide bonds. The van der Waals surface area contributed by atoms with Gasteiger partial charge < -0.3 is 9.32 Å². The third-order valence-electron chi connectivity index (χ3n) is 5.99. The second-order valence-electron chi connectivity index (χ2n) is 7.85. The Morgan fingerprint density at radius 3 is 2.70 bits per heavy atom. The highest BCUT2D eigenvalue weighted by Crippen LogP contribution is 2.34. The number of hydrogen-bond donors (Lipinski definition) is 0. The molecule has 2 heterocycles. The maximum Gasteiger partial charge on any atom is 0.223 e. The standard InChI is InChI=1S/C25H27ClN2O2/c1-2-21(18-7-4-3-5-8-18)22-9-6-16-28(22)25(29)15-14-24-27-17-23(30-24)19-10-12-20(26)13-11-19/h3-5,7-8,10-13,17,21-22H,2,6,9,14-16H2,1H3/t21-,22-/m0/s1. The van der Waals surface area contributed by atoms with Gasteiger partial charge in [0, 0.05) is 41.9 Å². The first-order chi connectivity index (χ1) is 14.7. The third kappa shape index (κ3) is 4.59. The number of nitrogens with zero attached hydrogens (tertiary/aromatic N) is 2. The number of benzene rings is 2. The highest BCUT2D eigenvalue weighted by atomic mass is 35.5. The number of amides is 1. The summed E-state index contributed by atoms with van der Waals surface area (Å²) < 4.78 is 5.86. The van der Waals surface area contributed by atoms with E-state index in [1.54, 1.807) is 6.20 Å². The fourth-order valence-electron chi connectivity index (χ4n) is 4.48. The Morgan fingerprint density at radius 1 is 1.20 bits per heavy atom. The predicted molar refractivity (Wildman–Crippen MR) is 119 cm³/mol. The van der Waals surface area contributed by atoms with Crippen molar-refractivity contribution in [1.29, 1.82) is 0 Å². The summed E-state index contributed by atoms with van der Waals surface area (Å²) in [6.07, 6.45) is 5.81. The smallest absolute Gasteiger partial charge is 0.223 e. The van der Waals surface area contributed by atoms with Gasteiger partial charge >= 0.3 is 0 Å². The number of oxazole rings is 1. The summed E-state index contributed by atoms with van der Waals surface area (Å²) in [5.74, 6) is 1.87. The molecule has 0 N–H and O–H groups in total. The summed E-state index contributed by atoms with van der Waals surface area (Å²) in [5.41, 5.74) is 2.25. The van der Waals surface area contributed by atoms with E-state index in [1.807, 2.05) is 30.3 Å². The van der Waals surface area contributed by atoms with Crippen LogP contribution in [0.2, 0.25) is 5.02 Å². The number of halogens is 1. The van der Waals surface area contributed by atoms with Gasteiger partial charge in [-0.2, -0.15) is 0 Å². The number of hydrogen-bond acceptors (Lipinski definition) is 3. The van der Waals surface area contributed by atoms with Crippen molar-refractivity contribution in [1.82, 2.24) is 9.88 Å². The van der Waals surface area contributed by atoms with Gasteiger partial charge in [0.1, 0.15) is 0 Å². The minimum absolute atomic E-state index is 0.193. The maximum absolute atomic E-state index is 13.0. The van der Waals surface area contributed by atoms with Gasteiger partial charge in [-0.25, -0.2) is 4.98 Å². The molecule has 1 aliphatic heterocycles. The van der Waals surface area contributed by atoms with Crippen LogP contribution in [0.15, 0.2) is 65.2 Å². The van der Waals surface area contributed by atoms with E-state index in [-0.39, 0.29) is 11.9 Å². The Balaban J connectivity index is 1.39. The van der Waals surface area contributed by atoms with Crippen LogP contribution in [0.3, 0.4) is 0 Å². The molecule has 3 aromatic rings. The van der Waals surface area contributed by atoms with Gasteiger partial charge in [-0.3, -0.25) is 4.79 Å². The Morgan fingerprint density at radius 2 is 1.97 bits per heavy atom. The first kappa shape index (κ1) is 20.7. The molecule has 156 valence electrons. The van der Waals surface area contributed by atoms with Gasteiger partial charge in [0.25, 0.3) is 0 Å². The molecule has 1 aromatic heterocycles. The quantitative estimate of drug-likeness (QED) is 0.461. The summed E-state index contributed by atoms with van der Waals surface area (Å²) in [6, 6.07) is 18.3. The zero-order valence-electron chi connectivity index (χ0n) is 17.3. The predicted octanol–water partition coefficient (Wildman–Crippen LogP) is 6.11. The molecular weight excluding hydrogens is 396 g/mol. The van der Waals surface area contributed by atoms with Crippen LogP contribution in [0, 0.1) is 0 Å². The molecule has 2 atom stereocenters. The lowest BCUT2D eigenvalue weighted by Gasteiger charge is -2.31. The Kier molecular flexibility index (Phi) is 6.53. The normalized spacial score (nSPS) is 17.3. The SMILES string of the molecule is CC[C@@H](c1ccccc1)[C@@H]1CCCN1C(=O)CCc1ncc(-c2ccc(Cl)cc2)o1. The van der Waals surface area contributed by atoms with Crippen molar-refractivity contribution < 1.29 is 9.21 Å². The fraction of sp³-hybridized carbons (Fsp3) is 0.360. The molecule has 4 rings (SSSR count). The second kappa shape index (κ2) is 9.48. The van der Waals surface area contributed by atoms with E-state index in [9.17, 15) is 4.79 Å². The van der Waals surface area contributed by atoms with Crippen molar-refractivity contribution in [3.63, 3.8) is 0 Å². The summed E-state index contributed by atoms with van der Waals surface area (Å²) in [6.45, 7) is 3.05. The number of aromatic nitrogens is 1. The zero-order chi connectivity index (χ0) is 20.9. The van der Waals surface area contributed by atoms with E-state index >= 15 is 0 Å². The number of carbonyl (C=O) groups excluding carboxylic acids is 1. The van der Waals surface area contributed by atoms with E-state index < -0.39 is 0 Å². The van der Waals surface area contributed by atoms with Gasteiger partial charge in [-0.05, 0) is 49.1 Å². The van der Waals surface area contributed by atoms with Gasteiger partial charge in [0.2, 0.25) is 5.91 Å². The monoisotopic (exact) mass is 422 g/mol. The largest absolute Gasteiger partial charge is 0.441 e. The van der Waals surface area contributed by atoms with Crippen LogP contribution in [-0.4, -0.2) is 28.4 Å². The van der Waals surface area contributed by atoms with E-state index in [0.717, 1.165) is 31.4 Å². The molecule has 0 saturated carbocycles. The highest BCUT2D eigenvalue weighted by molar-refractivity contribution is 6.30. The van der Waals surface area contributed by atoms with Crippen LogP contribution >= 0.6 is 11.6 Å². The van der Waals surface area contributed by atoms with E-state index in [1.165, 1.54) is 5.56 Å². The minimum atomic E-state index is 0.193. The molecule has 1 fully saturated rings. The van der Waals surface area contributed by atoms with Crippen molar-refractivity contribution in [2.45, 2.75) is 51.0 Å². The molecule has 30 heavy (non-hydrogen) atoms. The van der Waals surface area contributed by atoms with E-state index in [2.05, 4.69) is 41.1 Å². The lowest BCUT2D eigenvalue weighted by molar-refractivity contribution is -0.132. The van der Waals surface area contributed by atoms with Gasteiger partial charge in [0.05, 0.1) is 6.20 Å². The average Bonchev–Trinajstić information content (AvgIpc) is 3.44. The number of aryl methyl sites for hydroxylation is 1. The van der Waals surface area contributed by atoms with Crippen LogP contribution in [0.1, 0.15) is 50.0 Å². The molecule has 0 radical (unpaired) electrons.